The van der Waals surface area contributed by atoms with E-state index >= 15 is 0 Å². The molecular weight excluding hydrogens is 271 g/mol. The van der Waals surface area contributed by atoms with Crippen molar-refractivity contribution in [3.05, 3.63) is 33.8 Å². The average molecular weight is 290 g/mol. The number of hydrogen-bond donors (Lipinski definition) is 2. The molecule has 0 aromatic heterocycles. The monoisotopic (exact) mass is 289 g/mol. The van der Waals surface area contributed by atoms with Gasteiger partial charge in [0.1, 0.15) is 0 Å². The first kappa shape index (κ1) is 15.3. The maximum Gasteiger partial charge on any atom is 0.251 e. The van der Waals surface area contributed by atoms with E-state index in [9.17, 15) is 4.79 Å². The zero-order valence-corrected chi connectivity index (χ0v) is 12.2. The van der Waals surface area contributed by atoms with Crippen LogP contribution in [0.3, 0.4) is 0 Å². The van der Waals surface area contributed by atoms with Crippen LogP contribution in [0.15, 0.2) is 18.2 Å². The molecule has 100 valence electrons. The lowest BCUT2D eigenvalue weighted by atomic mass is 10.2. The zero-order chi connectivity index (χ0) is 13.5. The molecule has 0 aliphatic rings. The fraction of sp³-hybridized carbons (Fsp3) is 0.462. The summed E-state index contributed by atoms with van der Waals surface area (Å²) in [7, 11) is 0. The Balaban J connectivity index is 2.48. The lowest BCUT2D eigenvalue weighted by Gasteiger charge is -2.15. The van der Waals surface area contributed by atoms with Crippen LogP contribution in [-0.2, 0) is 0 Å². The Labute approximate surface area is 118 Å². The average Bonchev–Trinajstić information content (AvgIpc) is 2.37. The Morgan fingerprint density at radius 1 is 1.22 bits per heavy atom. The third-order valence-corrected chi connectivity index (χ3v) is 3.68. The Bertz CT molecular complexity index is 406. The number of quaternary nitrogens is 1. The topological polar surface area (TPSA) is 33.5 Å². The van der Waals surface area contributed by atoms with Crippen molar-refractivity contribution in [2.45, 2.75) is 13.8 Å². The van der Waals surface area contributed by atoms with Crippen molar-refractivity contribution < 1.29 is 9.69 Å². The van der Waals surface area contributed by atoms with Crippen molar-refractivity contribution in [1.82, 2.24) is 5.32 Å². The van der Waals surface area contributed by atoms with Crippen molar-refractivity contribution in [3.63, 3.8) is 0 Å². The fourth-order valence-corrected chi connectivity index (χ4v) is 1.99. The molecule has 0 aliphatic heterocycles. The molecule has 0 spiro atoms. The van der Waals surface area contributed by atoms with Crippen LogP contribution in [0.5, 0.6) is 0 Å². The molecule has 0 fully saturated rings. The van der Waals surface area contributed by atoms with Crippen molar-refractivity contribution in [3.8, 4) is 0 Å². The summed E-state index contributed by atoms with van der Waals surface area (Å²) in [6, 6.07) is 4.89. The molecule has 3 nitrogen and oxygen atoms in total. The van der Waals surface area contributed by atoms with E-state index in [0.717, 1.165) is 19.6 Å². The van der Waals surface area contributed by atoms with Gasteiger partial charge in [-0.1, -0.05) is 23.2 Å². The van der Waals surface area contributed by atoms with E-state index in [1.165, 1.54) is 4.90 Å². The van der Waals surface area contributed by atoms with Gasteiger partial charge in [-0.25, -0.2) is 0 Å². The Hall–Kier alpha value is -0.770. The molecule has 0 unspecified atom stereocenters. The summed E-state index contributed by atoms with van der Waals surface area (Å²) in [6.07, 6.45) is 0. The predicted molar refractivity (Wildman–Crippen MR) is 75.7 cm³/mol. The van der Waals surface area contributed by atoms with Gasteiger partial charge >= 0.3 is 0 Å². The van der Waals surface area contributed by atoms with Crippen LogP contribution in [0.1, 0.15) is 24.2 Å². The highest BCUT2D eigenvalue weighted by atomic mass is 35.5. The summed E-state index contributed by atoms with van der Waals surface area (Å²) in [6.45, 7) is 8.01. The number of rotatable bonds is 6. The van der Waals surface area contributed by atoms with Crippen molar-refractivity contribution in [2.75, 3.05) is 26.2 Å². The van der Waals surface area contributed by atoms with E-state index < -0.39 is 0 Å². The normalized spacial score (nSPS) is 10.7. The van der Waals surface area contributed by atoms with Crippen LogP contribution >= 0.6 is 23.2 Å². The van der Waals surface area contributed by atoms with Crippen LogP contribution in [0.25, 0.3) is 0 Å². The van der Waals surface area contributed by atoms with Gasteiger partial charge in [-0.2, -0.15) is 0 Å². The van der Waals surface area contributed by atoms with E-state index in [1.54, 1.807) is 18.2 Å². The Kier molecular flexibility index (Phi) is 6.47. The lowest BCUT2D eigenvalue weighted by Crippen LogP contribution is -3.12. The van der Waals surface area contributed by atoms with Crippen molar-refractivity contribution in [1.29, 1.82) is 0 Å². The van der Waals surface area contributed by atoms with Gasteiger partial charge < -0.3 is 10.2 Å². The molecule has 2 N–H and O–H groups in total. The van der Waals surface area contributed by atoms with E-state index in [2.05, 4.69) is 19.2 Å². The van der Waals surface area contributed by atoms with Gasteiger partial charge in [0.2, 0.25) is 0 Å². The first-order valence-corrected chi connectivity index (χ1v) is 6.90. The summed E-state index contributed by atoms with van der Waals surface area (Å²) in [5, 5.41) is 3.74. The number of carbonyl (C=O) groups is 1. The van der Waals surface area contributed by atoms with E-state index in [-0.39, 0.29) is 5.91 Å². The molecule has 1 aromatic rings. The van der Waals surface area contributed by atoms with Gasteiger partial charge in [-0.05, 0) is 32.0 Å². The lowest BCUT2D eigenvalue weighted by molar-refractivity contribution is -0.895. The number of amides is 1. The standard InChI is InChI=1S/C13H18Cl2N2O/c1-3-17(4-2)8-7-16-13(18)10-5-6-11(14)12(15)9-10/h5-6,9H,3-4,7-8H2,1-2H3,(H,16,18)/p+1. The minimum Gasteiger partial charge on any atom is -0.346 e. The second kappa shape index (κ2) is 7.62. The summed E-state index contributed by atoms with van der Waals surface area (Å²) >= 11 is 11.7. The van der Waals surface area contributed by atoms with Crippen LogP contribution in [0.2, 0.25) is 10.0 Å². The van der Waals surface area contributed by atoms with E-state index in [1.807, 2.05) is 0 Å². The number of carbonyl (C=O) groups excluding carboxylic acids is 1. The Morgan fingerprint density at radius 3 is 2.44 bits per heavy atom. The molecule has 0 aliphatic carbocycles. The SMILES string of the molecule is CC[NH+](CC)CCNC(=O)c1ccc(Cl)c(Cl)c1. The molecule has 0 heterocycles. The van der Waals surface area contributed by atoms with Gasteiger partial charge in [0.25, 0.3) is 5.91 Å². The van der Waals surface area contributed by atoms with Crippen LogP contribution in [0.4, 0.5) is 0 Å². The molecule has 0 bridgehead atoms. The Morgan fingerprint density at radius 2 is 1.89 bits per heavy atom. The molecule has 0 radical (unpaired) electrons. The maximum atomic E-state index is 11.8. The summed E-state index contributed by atoms with van der Waals surface area (Å²) < 4.78 is 0. The highest BCUT2D eigenvalue weighted by Gasteiger charge is 2.09. The second-order valence-electron chi connectivity index (χ2n) is 4.09. The van der Waals surface area contributed by atoms with Gasteiger partial charge in [0.05, 0.1) is 36.2 Å². The summed E-state index contributed by atoms with van der Waals surface area (Å²) in [4.78, 5) is 13.3. The third kappa shape index (κ3) is 4.48. The quantitative estimate of drug-likeness (QED) is 0.820. The fourth-order valence-electron chi connectivity index (χ4n) is 1.70. The molecule has 5 heteroatoms. The van der Waals surface area contributed by atoms with Gasteiger partial charge in [0.15, 0.2) is 0 Å². The van der Waals surface area contributed by atoms with Gasteiger partial charge in [-0.15, -0.1) is 0 Å². The number of benzene rings is 1. The molecule has 1 rings (SSSR count). The number of hydrogen-bond acceptors (Lipinski definition) is 1. The largest absolute Gasteiger partial charge is 0.346 e. The molecule has 0 atom stereocenters. The van der Waals surface area contributed by atoms with Crippen LogP contribution in [0, 0.1) is 0 Å². The van der Waals surface area contributed by atoms with Crippen molar-refractivity contribution >= 4 is 29.1 Å². The predicted octanol–water partition coefficient (Wildman–Crippen LogP) is 1.65. The minimum atomic E-state index is -0.111. The molecule has 1 amide bonds. The minimum absolute atomic E-state index is 0.111. The highest BCUT2D eigenvalue weighted by Crippen LogP contribution is 2.22. The highest BCUT2D eigenvalue weighted by molar-refractivity contribution is 6.42. The molecular formula is C13H19Cl2N2O+. The van der Waals surface area contributed by atoms with Crippen LogP contribution < -0.4 is 10.2 Å². The zero-order valence-electron chi connectivity index (χ0n) is 10.7. The maximum absolute atomic E-state index is 11.8. The van der Waals surface area contributed by atoms with E-state index in [4.69, 9.17) is 23.2 Å². The smallest absolute Gasteiger partial charge is 0.251 e. The first-order chi connectivity index (χ1) is 8.58. The first-order valence-electron chi connectivity index (χ1n) is 6.15. The third-order valence-electron chi connectivity index (χ3n) is 2.95. The van der Waals surface area contributed by atoms with Crippen LogP contribution in [-0.4, -0.2) is 32.1 Å². The second-order valence-corrected chi connectivity index (χ2v) is 4.91. The van der Waals surface area contributed by atoms with E-state index in [0.29, 0.717) is 22.2 Å². The summed E-state index contributed by atoms with van der Waals surface area (Å²) in [5.41, 5.74) is 0.541. The van der Waals surface area contributed by atoms with Gasteiger partial charge in [0, 0.05) is 5.56 Å². The van der Waals surface area contributed by atoms with Gasteiger partial charge in [-0.3, -0.25) is 4.79 Å². The van der Waals surface area contributed by atoms with Crippen molar-refractivity contribution in [2.24, 2.45) is 0 Å². The number of halogens is 2. The molecule has 18 heavy (non-hydrogen) atoms. The number of nitrogens with one attached hydrogen (secondary N) is 2. The molecule has 1 aromatic carbocycles. The molecule has 0 saturated carbocycles. The number of likely N-dealkylation sites (N-methyl/N-ethyl adjacent to an activating group) is 1. The summed E-state index contributed by atoms with van der Waals surface area (Å²) in [5.74, 6) is -0.111. The molecule has 0 saturated heterocycles.